The van der Waals surface area contributed by atoms with Crippen LogP contribution in [0.25, 0.3) is 10.9 Å². The van der Waals surface area contributed by atoms with E-state index in [9.17, 15) is 4.79 Å². The second-order valence-corrected chi connectivity index (χ2v) is 5.63. The van der Waals surface area contributed by atoms with Crippen LogP contribution >= 0.6 is 0 Å². The summed E-state index contributed by atoms with van der Waals surface area (Å²) in [6, 6.07) is 8.45. The molecule has 3 heteroatoms. The number of amides is 1. The van der Waals surface area contributed by atoms with Gasteiger partial charge < -0.3 is 9.88 Å². The van der Waals surface area contributed by atoms with Crippen LogP contribution in [0.15, 0.2) is 30.5 Å². The smallest absolute Gasteiger partial charge is 0.256 e. The Hall–Kier alpha value is -1.77. The van der Waals surface area contributed by atoms with E-state index in [1.165, 1.54) is 19.3 Å². The molecule has 1 fully saturated rings. The van der Waals surface area contributed by atoms with Crippen LogP contribution in [0.1, 0.15) is 49.4 Å². The van der Waals surface area contributed by atoms with Crippen molar-refractivity contribution >= 4 is 16.8 Å². The van der Waals surface area contributed by atoms with Crippen molar-refractivity contribution in [2.75, 3.05) is 6.54 Å². The van der Waals surface area contributed by atoms with E-state index in [1.807, 2.05) is 30.5 Å². The number of hydrogen-bond acceptors (Lipinski definition) is 1. The predicted octanol–water partition coefficient (Wildman–Crippen LogP) is 3.96. The number of benzene rings is 1. The fourth-order valence-corrected chi connectivity index (χ4v) is 3.36. The van der Waals surface area contributed by atoms with Crippen molar-refractivity contribution in [3.05, 3.63) is 36.0 Å². The second-order valence-electron chi connectivity index (χ2n) is 5.63. The first-order valence-corrected chi connectivity index (χ1v) is 7.68. The summed E-state index contributed by atoms with van der Waals surface area (Å²) in [7, 11) is 0. The molecule has 1 aromatic carbocycles. The third kappa shape index (κ3) is 2.33. The number of aromatic nitrogens is 1. The first kappa shape index (κ1) is 13.2. The molecule has 3 rings (SSSR count). The normalized spacial score (nSPS) is 16.4. The Morgan fingerprint density at radius 2 is 2.00 bits per heavy atom. The van der Waals surface area contributed by atoms with Crippen LogP contribution in [0.4, 0.5) is 0 Å². The molecule has 106 valence electrons. The Balaban J connectivity index is 1.89. The van der Waals surface area contributed by atoms with E-state index in [1.54, 1.807) is 0 Å². The summed E-state index contributed by atoms with van der Waals surface area (Å²) < 4.78 is 0. The van der Waals surface area contributed by atoms with Gasteiger partial charge >= 0.3 is 0 Å². The van der Waals surface area contributed by atoms with Crippen molar-refractivity contribution in [2.45, 2.75) is 45.1 Å². The number of H-pyrrole nitrogens is 1. The zero-order valence-corrected chi connectivity index (χ0v) is 12.1. The lowest BCUT2D eigenvalue weighted by Crippen LogP contribution is -2.41. The summed E-state index contributed by atoms with van der Waals surface area (Å²) in [6.07, 6.45) is 7.99. The van der Waals surface area contributed by atoms with Crippen LogP contribution in [0.2, 0.25) is 0 Å². The quantitative estimate of drug-likeness (QED) is 0.900. The summed E-state index contributed by atoms with van der Waals surface area (Å²) >= 11 is 0. The molecule has 1 amide bonds. The van der Waals surface area contributed by atoms with Crippen molar-refractivity contribution in [3.8, 4) is 0 Å². The predicted molar refractivity (Wildman–Crippen MR) is 81.9 cm³/mol. The van der Waals surface area contributed by atoms with Crippen LogP contribution in [0.5, 0.6) is 0 Å². The van der Waals surface area contributed by atoms with Gasteiger partial charge in [-0.1, -0.05) is 37.5 Å². The van der Waals surface area contributed by atoms with Crippen LogP contribution in [0, 0.1) is 0 Å². The van der Waals surface area contributed by atoms with E-state index in [2.05, 4.69) is 16.8 Å². The van der Waals surface area contributed by atoms with Crippen molar-refractivity contribution in [1.29, 1.82) is 0 Å². The fourth-order valence-electron chi connectivity index (χ4n) is 3.36. The van der Waals surface area contributed by atoms with Crippen LogP contribution in [-0.4, -0.2) is 28.4 Å². The zero-order valence-electron chi connectivity index (χ0n) is 12.1. The van der Waals surface area contributed by atoms with Crippen LogP contribution in [0.3, 0.4) is 0 Å². The Kier molecular flexibility index (Phi) is 3.77. The van der Waals surface area contributed by atoms with Gasteiger partial charge in [-0.05, 0) is 25.8 Å². The van der Waals surface area contributed by atoms with Gasteiger partial charge in [0.05, 0.1) is 5.56 Å². The molecule has 0 aliphatic heterocycles. The first-order valence-electron chi connectivity index (χ1n) is 7.68. The molecule has 0 bridgehead atoms. The minimum Gasteiger partial charge on any atom is -0.360 e. The van der Waals surface area contributed by atoms with E-state index in [0.717, 1.165) is 35.9 Å². The Labute approximate surface area is 120 Å². The van der Waals surface area contributed by atoms with E-state index in [4.69, 9.17) is 0 Å². The molecule has 0 spiro atoms. The zero-order chi connectivity index (χ0) is 13.9. The second kappa shape index (κ2) is 5.70. The molecule has 1 saturated carbocycles. The average Bonchev–Trinajstić information content (AvgIpc) is 2.93. The molecule has 2 aromatic rings. The van der Waals surface area contributed by atoms with Gasteiger partial charge in [0.15, 0.2) is 0 Å². The van der Waals surface area contributed by atoms with Crippen molar-refractivity contribution in [2.24, 2.45) is 0 Å². The molecule has 1 heterocycles. The topological polar surface area (TPSA) is 36.1 Å². The van der Waals surface area contributed by atoms with Crippen LogP contribution < -0.4 is 0 Å². The Morgan fingerprint density at radius 1 is 1.25 bits per heavy atom. The molecule has 0 atom stereocenters. The maximum atomic E-state index is 12.9. The molecule has 0 radical (unpaired) electrons. The van der Waals surface area contributed by atoms with Gasteiger partial charge in [-0.25, -0.2) is 0 Å². The number of para-hydroxylation sites is 1. The molecule has 3 nitrogen and oxygen atoms in total. The SMILES string of the molecule is CCN(C(=O)c1c[nH]c2ccccc12)C1CCCCC1. The summed E-state index contributed by atoms with van der Waals surface area (Å²) in [5.41, 5.74) is 1.85. The monoisotopic (exact) mass is 270 g/mol. The third-order valence-electron chi connectivity index (χ3n) is 4.44. The number of aromatic amines is 1. The summed E-state index contributed by atoms with van der Waals surface area (Å²) in [6.45, 7) is 2.88. The summed E-state index contributed by atoms with van der Waals surface area (Å²) in [5, 5.41) is 1.03. The highest BCUT2D eigenvalue weighted by molar-refractivity contribution is 6.06. The standard InChI is InChI=1S/C17H22N2O/c1-2-19(13-8-4-3-5-9-13)17(20)15-12-18-16-11-7-6-10-14(15)16/h6-7,10-13,18H,2-5,8-9H2,1H3. The third-order valence-corrected chi connectivity index (χ3v) is 4.44. The molecule has 1 aliphatic rings. The molecule has 1 aliphatic carbocycles. The van der Waals surface area contributed by atoms with E-state index < -0.39 is 0 Å². The molecule has 0 unspecified atom stereocenters. The number of rotatable bonds is 3. The van der Waals surface area contributed by atoms with Gasteiger partial charge in [-0.2, -0.15) is 0 Å². The number of nitrogens with zero attached hydrogens (tertiary/aromatic N) is 1. The van der Waals surface area contributed by atoms with Gasteiger partial charge in [0.1, 0.15) is 0 Å². The largest absolute Gasteiger partial charge is 0.360 e. The lowest BCUT2D eigenvalue weighted by molar-refractivity contribution is 0.0650. The van der Waals surface area contributed by atoms with Crippen molar-refractivity contribution in [1.82, 2.24) is 9.88 Å². The van der Waals surface area contributed by atoms with Gasteiger partial charge in [0, 0.05) is 29.7 Å². The van der Waals surface area contributed by atoms with Crippen molar-refractivity contribution < 1.29 is 4.79 Å². The van der Waals surface area contributed by atoms with Gasteiger partial charge in [0.2, 0.25) is 0 Å². The lowest BCUT2D eigenvalue weighted by Gasteiger charge is -2.33. The van der Waals surface area contributed by atoms with Crippen LogP contribution in [-0.2, 0) is 0 Å². The highest BCUT2D eigenvalue weighted by Crippen LogP contribution is 2.26. The number of fused-ring (bicyclic) bond motifs is 1. The number of carbonyl (C=O) groups excluding carboxylic acids is 1. The molecule has 20 heavy (non-hydrogen) atoms. The summed E-state index contributed by atoms with van der Waals surface area (Å²) in [4.78, 5) is 18.1. The van der Waals surface area contributed by atoms with E-state index in [0.29, 0.717) is 6.04 Å². The maximum absolute atomic E-state index is 12.9. The number of nitrogens with one attached hydrogen (secondary N) is 1. The fraction of sp³-hybridized carbons (Fsp3) is 0.471. The van der Waals surface area contributed by atoms with Gasteiger partial charge in [0.25, 0.3) is 5.91 Å². The first-order chi connectivity index (χ1) is 9.81. The molecule has 0 saturated heterocycles. The van der Waals surface area contributed by atoms with Gasteiger partial charge in [-0.15, -0.1) is 0 Å². The average molecular weight is 270 g/mol. The summed E-state index contributed by atoms with van der Waals surface area (Å²) in [5.74, 6) is 0.178. The highest BCUT2D eigenvalue weighted by atomic mass is 16.2. The lowest BCUT2D eigenvalue weighted by atomic mass is 9.93. The molecular formula is C17H22N2O. The highest BCUT2D eigenvalue weighted by Gasteiger charge is 2.26. The molecular weight excluding hydrogens is 248 g/mol. The minimum absolute atomic E-state index is 0.178. The maximum Gasteiger partial charge on any atom is 0.256 e. The Morgan fingerprint density at radius 3 is 2.75 bits per heavy atom. The van der Waals surface area contributed by atoms with Gasteiger partial charge in [-0.3, -0.25) is 4.79 Å². The Bertz CT molecular complexity index is 596. The number of hydrogen-bond donors (Lipinski definition) is 1. The van der Waals surface area contributed by atoms with E-state index in [-0.39, 0.29) is 5.91 Å². The number of carbonyl (C=O) groups is 1. The van der Waals surface area contributed by atoms with Crippen molar-refractivity contribution in [3.63, 3.8) is 0 Å². The molecule has 1 aromatic heterocycles. The minimum atomic E-state index is 0.178. The van der Waals surface area contributed by atoms with E-state index >= 15 is 0 Å². The molecule has 1 N–H and O–H groups in total.